The lowest BCUT2D eigenvalue weighted by Gasteiger charge is -2.41. The maximum Gasteiger partial charge on any atom is 0.330 e. The zero-order valence-corrected chi connectivity index (χ0v) is 41.0. The standard InChI is InChI=1S/C41H52N6O5.C10H13N5O4/c1-27(2)37(45-38(49)33-16-15-30-13-9-10-14-32(30)43-33)40(51)44-34(23-28-11-7-6-8-12-28)36(48)25-47-22-19-31(52-26-29-17-20-42-21-18-29)24-35(47)39(50)46-41(3,4)5;1-5-3-15(10(18)12-9(5)17)8-2-6(13-14-11)7(4-16)19-8/h6-18,20-21,27,31,34-37,48H,19,22-26H2,1-5H3,(H,44,51)(H,45,49)(H,46,50);3,6-8,16H,2,4H2,1H3,(H,12,17,18)/t31-,34+,35+,36?,37?;6-,7+,8+/m10/s1. The van der Waals surface area contributed by atoms with Crippen LogP contribution in [0, 0.1) is 12.8 Å². The first-order valence-corrected chi connectivity index (χ1v) is 23.8. The summed E-state index contributed by atoms with van der Waals surface area (Å²) in [5.41, 5.74) is 10.1. The van der Waals surface area contributed by atoms with Gasteiger partial charge in [-0.3, -0.25) is 38.6 Å². The van der Waals surface area contributed by atoms with E-state index in [1.807, 2.05) is 112 Å². The molecule has 3 amide bonds. The van der Waals surface area contributed by atoms with Crippen molar-refractivity contribution in [3.05, 3.63) is 151 Å². The number of H-pyrrole nitrogens is 1. The minimum absolute atomic E-state index is 0.134. The van der Waals surface area contributed by atoms with E-state index in [9.17, 15) is 29.1 Å². The minimum atomic E-state index is -1.03. The molecule has 2 unspecified atom stereocenters. The molecule has 2 saturated heterocycles. The van der Waals surface area contributed by atoms with Gasteiger partial charge in [-0.25, -0.2) is 9.78 Å². The van der Waals surface area contributed by atoms with Crippen LogP contribution in [0.2, 0.25) is 0 Å². The number of aliphatic hydroxyl groups excluding tert-OH is 2. The Morgan fingerprint density at radius 3 is 2.39 bits per heavy atom. The number of amides is 3. The van der Waals surface area contributed by atoms with Crippen LogP contribution in [0.4, 0.5) is 0 Å². The van der Waals surface area contributed by atoms with Crippen LogP contribution in [-0.4, -0.2) is 120 Å². The summed E-state index contributed by atoms with van der Waals surface area (Å²) in [6.45, 7) is 11.9. The number of carbonyl (C=O) groups excluding carboxylic acids is 3. The van der Waals surface area contributed by atoms with Crippen molar-refractivity contribution >= 4 is 28.6 Å². The highest BCUT2D eigenvalue weighted by atomic mass is 16.5. The number of aryl methyl sites for hydroxylation is 1. The topological polar surface area (TPSA) is 279 Å². The summed E-state index contributed by atoms with van der Waals surface area (Å²) in [6, 6.07) is 21.8. The molecule has 2 aliphatic heterocycles. The first-order valence-electron chi connectivity index (χ1n) is 23.8. The molecule has 378 valence electrons. The van der Waals surface area contributed by atoms with Gasteiger partial charge in [-0.15, -0.1) is 0 Å². The van der Waals surface area contributed by atoms with E-state index in [1.165, 1.54) is 10.8 Å². The molecule has 6 N–H and O–H groups in total. The predicted octanol–water partition coefficient (Wildman–Crippen LogP) is 4.24. The van der Waals surface area contributed by atoms with Gasteiger partial charge in [0.1, 0.15) is 18.0 Å². The number of likely N-dealkylation sites (tertiary alicyclic amines) is 1. The number of piperidine rings is 1. The van der Waals surface area contributed by atoms with Gasteiger partial charge in [0.2, 0.25) is 11.8 Å². The molecule has 71 heavy (non-hydrogen) atoms. The van der Waals surface area contributed by atoms with Gasteiger partial charge in [0.05, 0.1) is 55.2 Å². The third kappa shape index (κ3) is 15.1. The van der Waals surface area contributed by atoms with E-state index in [0.29, 0.717) is 43.5 Å². The van der Waals surface area contributed by atoms with Gasteiger partial charge in [-0.1, -0.05) is 73.6 Å². The molecular formula is C51H65N11O9. The molecule has 5 heterocycles. The third-order valence-corrected chi connectivity index (χ3v) is 12.3. The molecule has 5 aromatic rings. The fraction of sp³-hybridized carbons (Fsp3) is 0.471. The molecule has 2 aromatic carbocycles. The average molecular weight is 976 g/mol. The molecule has 2 fully saturated rings. The predicted molar refractivity (Wildman–Crippen MR) is 266 cm³/mol. The molecule has 20 nitrogen and oxygen atoms in total. The van der Waals surface area contributed by atoms with Gasteiger partial charge >= 0.3 is 5.69 Å². The second kappa shape index (κ2) is 24.8. The molecule has 0 bridgehead atoms. The van der Waals surface area contributed by atoms with Crippen molar-refractivity contribution in [1.82, 2.24) is 40.4 Å². The number of benzene rings is 2. The molecule has 0 saturated carbocycles. The van der Waals surface area contributed by atoms with Crippen LogP contribution in [0.5, 0.6) is 0 Å². The quantitative estimate of drug-likeness (QED) is 0.0434. The number of β-amino-alcohol motifs (C(OH)–C–C–N with tert-alkyl or cyclic N) is 1. The lowest BCUT2D eigenvalue weighted by Crippen LogP contribution is -2.60. The van der Waals surface area contributed by atoms with Gasteiger partial charge in [-0.05, 0) is 93.8 Å². The Morgan fingerprint density at radius 2 is 1.70 bits per heavy atom. The maximum atomic E-state index is 14.0. The Bertz CT molecular complexity index is 2740. The van der Waals surface area contributed by atoms with E-state index in [-0.39, 0.29) is 43.2 Å². The Hall–Kier alpha value is -6.80. The lowest BCUT2D eigenvalue weighted by atomic mass is 9.94. The first-order chi connectivity index (χ1) is 33.9. The number of pyridine rings is 2. The maximum absolute atomic E-state index is 14.0. The fourth-order valence-electron chi connectivity index (χ4n) is 8.54. The number of hydrogen-bond acceptors (Lipinski definition) is 13. The van der Waals surface area contributed by atoms with Gasteiger partial charge < -0.3 is 35.6 Å². The summed E-state index contributed by atoms with van der Waals surface area (Å²) in [5, 5.41) is 34.5. The largest absolute Gasteiger partial charge is 0.394 e. The summed E-state index contributed by atoms with van der Waals surface area (Å²) >= 11 is 0. The smallest absolute Gasteiger partial charge is 0.330 e. The number of aromatic nitrogens is 4. The molecule has 3 aromatic heterocycles. The molecule has 0 aliphatic carbocycles. The van der Waals surface area contributed by atoms with Gasteiger partial charge in [0, 0.05) is 59.5 Å². The van der Waals surface area contributed by atoms with Crippen molar-refractivity contribution in [1.29, 1.82) is 0 Å². The first kappa shape index (κ1) is 53.5. The Labute approximate surface area is 411 Å². The lowest BCUT2D eigenvalue weighted by molar-refractivity contribution is -0.134. The van der Waals surface area contributed by atoms with Crippen LogP contribution in [-0.2, 0) is 32.1 Å². The number of ether oxygens (including phenoxy) is 2. The number of hydrogen-bond donors (Lipinski definition) is 6. The number of fused-ring (bicyclic) bond motifs is 1. The van der Waals surface area contributed by atoms with Crippen molar-refractivity contribution in [3.63, 3.8) is 0 Å². The van der Waals surface area contributed by atoms with Crippen molar-refractivity contribution in [2.45, 2.75) is 128 Å². The summed E-state index contributed by atoms with van der Waals surface area (Å²) in [6.07, 6.45) is 4.09. The van der Waals surface area contributed by atoms with Gasteiger partial charge in [0.25, 0.3) is 11.5 Å². The highest BCUT2D eigenvalue weighted by Crippen LogP contribution is 2.30. The van der Waals surface area contributed by atoms with Crippen molar-refractivity contribution in [2.75, 3.05) is 19.7 Å². The molecule has 0 spiro atoms. The molecule has 0 radical (unpaired) electrons. The Morgan fingerprint density at radius 1 is 0.986 bits per heavy atom. The molecule has 2 aliphatic rings. The Balaban J connectivity index is 0.000000362. The van der Waals surface area contributed by atoms with Crippen molar-refractivity contribution in [2.24, 2.45) is 11.0 Å². The van der Waals surface area contributed by atoms with Crippen LogP contribution in [0.1, 0.15) is 87.3 Å². The summed E-state index contributed by atoms with van der Waals surface area (Å²) in [5.74, 6) is -1.25. The number of para-hydroxylation sites is 1. The minimum Gasteiger partial charge on any atom is -0.394 e. The van der Waals surface area contributed by atoms with Crippen molar-refractivity contribution in [3.8, 4) is 0 Å². The number of nitrogens with one attached hydrogen (secondary N) is 4. The normalized spacial score (nSPS) is 20.4. The SMILES string of the molecule is CC(C)C(NC(=O)c1ccc2ccccc2n1)C(=O)N[C@@H](Cc1ccccc1)C(O)CN1CC[C@@H](OCc2ccncc2)C[C@H]1C(=O)NC(C)(C)C.Cc1cn([C@H]2C[C@H](N=[N+]=[N-])[C@@H](CO)O2)c(=O)[nH]c1=O. The van der Waals surface area contributed by atoms with Crippen LogP contribution >= 0.6 is 0 Å². The number of aromatic amines is 1. The summed E-state index contributed by atoms with van der Waals surface area (Å²) in [7, 11) is 0. The van der Waals surface area contributed by atoms with E-state index in [0.717, 1.165) is 16.5 Å². The molecule has 20 heteroatoms. The zero-order valence-electron chi connectivity index (χ0n) is 41.0. The Kier molecular flexibility index (Phi) is 18.7. The fourth-order valence-corrected chi connectivity index (χ4v) is 8.54. The van der Waals surface area contributed by atoms with Gasteiger partial charge in [0.15, 0.2) is 0 Å². The third-order valence-electron chi connectivity index (χ3n) is 12.3. The van der Waals surface area contributed by atoms with Crippen LogP contribution in [0.3, 0.4) is 0 Å². The highest BCUT2D eigenvalue weighted by Gasteiger charge is 2.39. The number of azide groups is 1. The summed E-state index contributed by atoms with van der Waals surface area (Å²) in [4.78, 5) is 79.4. The average Bonchev–Trinajstić information content (AvgIpc) is 3.76. The number of carbonyl (C=O) groups is 3. The second-order valence-electron chi connectivity index (χ2n) is 19.3. The monoisotopic (exact) mass is 975 g/mol. The number of rotatable bonds is 17. The van der Waals surface area contributed by atoms with E-state index in [1.54, 1.807) is 25.4 Å². The zero-order chi connectivity index (χ0) is 51.2. The molecular weight excluding hydrogens is 911 g/mol. The van der Waals surface area contributed by atoms with Gasteiger partial charge in [-0.2, -0.15) is 0 Å². The van der Waals surface area contributed by atoms with Crippen LogP contribution in [0.15, 0.2) is 112 Å². The molecule has 8 atom stereocenters. The highest BCUT2D eigenvalue weighted by molar-refractivity contribution is 5.98. The van der Waals surface area contributed by atoms with E-state index >= 15 is 0 Å². The van der Waals surface area contributed by atoms with Crippen LogP contribution < -0.4 is 27.2 Å². The molecule has 7 rings (SSSR count). The second-order valence-corrected chi connectivity index (χ2v) is 19.3. The van der Waals surface area contributed by atoms with E-state index in [4.69, 9.17) is 20.1 Å². The van der Waals surface area contributed by atoms with E-state index < -0.39 is 71.2 Å². The van der Waals surface area contributed by atoms with Crippen LogP contribution in [0.25, 0.3) is 21.3 Å². The van der Waals surface area contributed by atoms with E-state index in [2.05, 4.69) is 40.9 Å². The number of nitrogens with zero attached hydrogens (tertiary/aromatic N) is 7. The number of aliphatic hydroxyl groups is 2. The summed E-state index contributed by atoms with van der Waals surface area (Å²) < 4.78 is 12.9. The van der Waals surface area contributed by atoms with Crippen molar-refractivity contribution < 1.29 is 34.1 Å².